The second kappa shape index (κ2) is 4.15. The lowest BCUT2D eigenvalue weighted by Crippen LogP contribution is -2.28. The van der Waals surface area contributed by atoms with Gasteiger partial charge in [0.1, 0.15) is 0 Å². The van der Waals surface area contributed by atoms with Crippen LogP contribution in [0.2, 0.25) is 0 Å². The molecule has 0 saturated carbocycles. The van der Waals surface area contributed by atoms with Crippen LogP contribution >= 0.6 is 15.9 Å². The predicted octanol–water partition coefficient (Wildman–Crippen LogP) is 3.96. The van der Waals surface area contributed by atoms with Crippen molar-refractivity contribution in [2.24, 2.45) is 0 Å². The van der Waals surface area contributed by atoms with Crippen LogP contribution < -0.4 is 0 Å². The van der Waals surface area contributed by atoms with Crippen LogP contribution in [-0.4, -0.2) is 11.1 Å². The van der Waals surface area contributed by atoms with Gasteiger partial charge in [0.25, 0.3) is 0 Å². The van der Waals surface area contributed by atoms with Crippen LogP contribution in [0.3, 0.4) is 0 Å². The maximum Gasteiger partial charge on any atom is 0.313 e. The van der Waals surface area contributed by atoms with Crippen LogP contribution in [0.25, 0.3) is 10.8 Å². The number of hydrogen-bond acceptors (Lipinski definition) is 1. The second-order valence-corrected chi connectivity index (χ2v) is 5.43. The molecule has 0 aliphatic carbocycles. The van der Waals surface area contributed by atoms with Crippen LogP contribution in [0.4, 0.5) is 0 Å². The lowest BCUT2D eigenvalue weighted by molar-refractivity contribution is -0.142. The maximum atomic E-state index is 11.3. The molecule has 0 aliphatic heterocycles. The fourth-order valence-corrected chi connectivity index (χ4v) is 2.43. The molecular weight excluding hydrogens is 280 g/mol. The van der Waals surface area contributed by atoms with Gasteiger partial charge in [0, 0.05) is 4.47 Å². The number of hydrogen-bond donors (Lipinski definition) is 1. The normalized spacial score (nSPS) is 11.7. The quantitative estimate of drug-likeness (QED) is 0.909. The van der Waals surface area contributed by atoms with Gasteiger partial charge < -0.3 is 5.11 Å². The highest BCUT2D eigenvalue weighted by molar-refractivity contribution is 9.10. The van der Waals surface area contributed by atoms with Gasteiger partial charge in [-0.2, -0.15) is 0 Å². The van der Waals surface area contributed by atoms with Crippen molar-refractivity contribution in [1.29, 1.82) is 0 Å². The number of carboxylic acids is 1. The summed E-state index contributed by atoms with van der Waals surface area (Å²) in [5.41, 5.74) is -0.0517. The van der Waals surface area contributed by atoms with Gasteiger partial charge in [-0.15, -0.1) is 0 Å². The van der Waals surface area contributed by atoms with Gasteiger partial charge in [0.2, 0.25) is 0 Å². The highest BCUT2D eigenvalue weighted by atomic mass is 79.9. The Labute approximate surface area is 108 Å². The smallest absolute Gasteiger partial charge is 0.313 e. The monoisotopic (exact) mass is 292 g/mol. The molecule has 0 amide bonds. The number of halogens is 1. The Kier molecular flexibility index (Phi) is 2.96. The zero-order valence-electron chi connectivity index (χ0n) is 9.70. The highest BCUT2D eigenvalue weighted by Gasteiger charge is 2.30. The lowest BCUT2D eigenvalue weighted by atomic mass is 9.82. The van der Waals surface area contributed by atoms with Crippen molar-refractivity contribution in [1.82, 2.24) is 0 Å². The molecule has 3 heteroatoms. The summed E-state index contributed by atoms with van der Waals surface area (Å²) in [5, 5.41) is 11.3. The van der Waals surface area contributed by atoms with E-state index in [1.54, 1.807) is 13.8 Å². The van der Waals surface area contributed by atoms with Gasteiger partial charge >= 0.3 is 5.97 Å². The van der Waals surface area contributed by atoms with Gasteiger partial charge in [0.05, 0.1) is 5.41 Å². The molecule has 0 aliphatic rings. The summed E-state index contributed by atoms with van der Waals surface area (Å²) in [6.07, 6.45) is 0. The molecule has 88 valence electrons. The fraction of sp³-hybridized carbons (Fsp3) is 0.214. The van der Waals surface area contributed by atoms with Crippen molar-refractivity contribution in [2.45, 2.75) is 19.3 Å². The van der Waals surface area contributed by atoms with Crippen molar-refractivity contribution >= 4 is 32.7 Å². The molecular formula is C14H13BrO2. The van der Waals surface area contributed by atoms with E-state index in [0.29, 0.717) is 0 Å². The van der Waals surface area contributed by atoms with Crippen LogP contribution in [-0.2, 0) is 10.2 Å². The van der Waals surface area contributed by atoms with Gasteiger partial charge in [0.15, 0.2) is 0 Å². The highest BCUT2D eigenvalue weighted by Crippen LogP contribution is 2.33. The molecule has 17 heavy (non-hydrogen) atoms. The third kappa shape index (κ3) is 1.95. The molecule has 0 aromatic heterocycles. The average molecular weight is 293 g/mol. The number of fused-ring (bicyclic) bond motifs is 1. The minimum Gasteiger partial charge on any atom is -0.481 e. The molecule has 2 aromatic carbocycles. The van der Waals surface area contributed by atoms with Crippen molar-refractivity contribution in [3.8, 4) is 0 Å². The molecule has 0 unspecified atom stereocenters. The SMILES string of the molecule is CC(C)(C(=O)O)c1cccc2c(Br)cccc12. The molecule has 0 radical (unpaired) electrons. The molecule has 0 saturated heterocycles. The standard InChI is InChI=1S/C14H13BrO2/c1-14(2,13(16)17)11-7-3-6-10-9(11)5-4-8-12(10)15/h3-8H,1-2H3,(H,16,17). The second-order valence-electron chi connectivity index (χ2n) is 4.57. The van der Waals surface area contributed by atoms with E-state index in [2.05, 4.69) is 15.9 Å². The van der Waals surface area contributed by atoms with E-state index in [9.17, 15) is 9.90 Å². The Bertz CT molecular complexity index is 588. The van der Waals surface area contributed by atoms with E-state index in [0.717, 1.165) is 20.8 Å². The first-order valence-electron chi connectivity index (χ1n) is 5.35. The summed E-state index contributed by atoms with van der Waals surface area (Å²) in [5.74, 6) is -0.815. The third-order valence-electron chi connectivity index (χ3n) is 3.08. The van der Waals surface area contributed by atoms with E-state index < -0.39 is 11.4 Å². The van der Waals surface area contributed by atoms with E-state index in [1.807, 2.05) is 36.4 Å². The summed E-state index contributed by atoms with van der Waals surface area (Å²) >= 11 is 3.49. The number of carboxylic acid groups (broad SMARTS) is 1. The Balaban J connectivity index is 2.80. The molecule has 2 nitrogen and oxygen atoms in total. The van der Waals surface area contributed by atoms with Crippen LogP contribution in [0.1, 0.15) is 19.4 Å². The molecule has 2 rings (SSSR count). The van der Waals surface area contributed by atoms with Crippen LogP contribution in [0, 0.1) is 0 Å². The minimum absolute atomic E-state index is 0.815. The Morgan fingerprint density at radius 3 is 2.35 bits per heavy atom. The molecule has 0 bridgehead atoms. The Morgan fingerprint density at radius 2 is 1.71 bits per heavy atom. The van der Waals surface area contributed by atoms with Gasteiger partial charge in [-0.1, -0.05) is 46.3 Å². The number of aliphatic carboxylic acids is 1. The predicted molar refractivity (Wildman–Crippen MR) is 72.3 cm³/mol. The van der Waals surface area contributed by atoms with Crippen molar-refractivity contribution in [2.75, 3.05) is 0 Å². The van der Waals surface area contributed by atoms with Crippen molar-refractivity contribution in [3.05, 3.63) is 46.4 Å². The minimum atomic E-state index is -0.889. The molecule has 0 fully saturated rings. The number of carbonyl (C=O) groups is 1. The average Bonchev–Trinajstić information content (AvgIpc) is 2.28. The summed E-state index contributed by atoms with van der Waals surface area (Å²) in [6, 6.07) is 11.6. The first-order chi connectivity index (χ1) is 7.94. The third-order valence-corrected chi connectivity index (χ3v) is 3.77. The van der Waals surface area contributed by atoms with Gasteiger partial charge in [-0.25, -0.2) is 0 Å². The van der Waals surface area contributed by atoms with E-state index in [-0.39, 0.29) is 0 Å². The zero-order chi connectivity index (χ0) is 12.6. The number of benzene rings is 2. The van der Waals surface area contributed by atoms with Crippen molar-refractivity contribution < 1.29 is 9.90 Å². The van der Waals surface area contributed by atoms with E-state index in [1.165, 1.54) is 0 Å². The molecule has 1 N–H and O–H groups in total. The summed E-state index contributed by atoms with van der Waals surface area (Å²) in [6.45, 7) is 3.45. The fourth-order valence-electron chi connectivity index (χ4n) is 1.93. The first kappa shape index (κ1) is 12.1. The number of rotatable bonds is 2. The molecule has 0 spiro atoms. The Hall–Kier alpha value is -1.35. The first-order valence-corrected chi connectivity index (χ1v) is 6.15. The summed E-state index contributed by atoms with van der Waals surface area (Å²) in [7, 11) is 0. The topological polar surface area (TPSA) is 37.3 Å². The lowest BCUT2D eigenvalue weighted by Gasteiger charge is -2.22. The van der Waals surface area contributed by atoms with E-state index in [4.69, 9.17) is 0 Å². The molecule has 2 aromatic rings. The molecule has 0 heterocycles. The molecule has 0 atom stereocenters. The summed E-state index contributed by atoms with van der Waals surface area (Å²) < 4.78 is 0.984. The largest absolute Gasteiger partial charge is 0.481 e. The van der Waals surface area contributed by atoms with Crippen molar-refractivity contribution in [3.63, 3.8) is 0 Å². The van der Waals surface area contributed by atoms with Gasteiger partial charge in [-0.3, -0.25) is 4.79 Å². The van der Waals surface area contributed by atoms with Crippen LogP contribution in [0.15, 0.2) is 40.9 Å². The van der Waals surface area contributed by atoms with E-state index >= 15 is 0 Å². The maximum absolute atomic E-state index is 11.3. The Morgan fingerprint density at radius 1 is 1.12 bits per heavy atom. The summed E-state index contributed by atoms with van der Waals surface area (Å²) in [4.78, 5) is 11.3. The van der Waals surface area contributed by atoms with Crippen LogP contribution in [0.5, 0.6) is 0 Å². The van der Waals surface area contributed by atoms with Gasteiger partial charge in [-0.05, 0) is 36.2 Å². The zero-order valence-corrected chi connectivity index (χ0v) is 11.3.